The zero-order chi connectivity index (χ0) is 12.9. The van der Waals surface area contributed by atoms with Crippen LogP contribution in [0.1, 0.15) is 49.3 Å². The van der Waals surface area contributed by atoms with E-state index in [9.17, 15) is 0 Å². The summed E-state index contributed by atoms with van der Waals surface area (Å²) >= 11 is 0. The zero-order valence-electron chi connectivity index (χ0n) is 11.9. The number of hydrogen-bond acceptors (Lipinski definition) is 2. The second-order valence-electron chi connectivity index (χ2n) is 6.00. The summed E-state index contributed by atoms with van der Waals surface area (Å²) in [5, 5.41) is 3.78. The predicted molar refractivity (Wildman–Crippen MR) is 80.4 cm³/mol. The predicted octanol–water partition coefficient (Wildman–Crippen LogP) is 3.14. The van der Waals surface area contributed by atoms with Gasteiger partial charge in [0.1, 0.15) is 0 Å². The molecule has 1 aliphatic heterocycles. The molecule has 0 spiro atoms. The number of likely N-dealkylation sites (tertiary alicyclic amines) is 1. The first-order valence-corrected chi connectivity index (χ1v) is 7.97. The van der Waals surface area contributed by atoms with Gasteiger partial charge in [-0.25, -0.2) is 0 Å². The summed E-state index contributed by atoms with van der Waals surface area (Å²) in [5.74, 6) is 0. The molecular weight excluding hydrogens is 232 g/mol. The molecule has 104 valence electrons. The minimum Gasteiger partial charge on any atom is -0.310 e. The van der Waals surface area contributed by atoms with E-state index in [-0.39, 0.29) is 0 Å². The molecule has 2 nitrogen and oxygen atoms in total. The van der Waals surface area contributed by atoms with E-state index in [0.29, 0.717) is 6.04 Å². The molecule has 0 bridgehead atoms. The van der Waals surface area contributed by atoms with Gasteiger partial charge in [0.05, 0.1) is 0 Å². The van der Waals surface area contributed by atoms with E-state index in [4.69, 9.17) is 0 Å². The SMILES string of the molecule is c1ccc2c(c1)CCCC2NCCCN1CCCC1. The number of nitrogens with one attached hydrogen (secondary N) is 1. The Hall–Kier alpha value is -0.860. The lowest BCUT2D eigenvalue weighted by Crippen LogP contribution is -2.29. The summed E-state index contributed by atoms with van der Waals surface area (Å²) in [6.07, 6.45) is 8.01. The van der Waals surface area contributed by atoms with Crippen LogP contribution in [0.5, 0.6) is 0 Å². The second-order valence-corrected chi connectivity index (χ2v) is 6.00. The van der Waals surface area contributed by atoms with Gasteiger partial charge >= 0.3 is 0 Å². The fourth-order valence-corrected chi connectivity index (χ4v) is 3.55. The van der Waals surface area contributed by atoms with Crippen molar-refractivity contribution in [2.75, 3.05) is 26.2 Å². The molecule has 1 aliphatic carbocycles. The molecule has 1 atom stereocenters. The van der Waals surface area contributed by atoms with Crippen molar-refractivity contribution in [3.8, 4) is 0 Å². The van der Waals surface area contributed by atoms with Crippen molar-refractivity contribution in [2.24, 2.45) is 0 Å². The molecule has 1 aromatic carbocycles. The molecule has 0 amide bonds. The van der Waals surface area contributed by atoms with Crippen molar-refractivity contribution < 1.29 is 0 Å². The van der Waals surface area contributed by atoms with Gasteiger partial charge in [0.2, 0.25) is 0 Å². The first kappa shape index (κ1) is 13.1. The van der Waals surface area contributed by atoms with Gasteiger partial charge in [-0.2, -0.15) is 0 Å². The number of nitrogens with zero attached hydrogens (tertiary/aromatic N) is 1. The molecule has 1 aromatic rings. The molecule has 1 saturated heterocycles. The fourth-order valence-electron chi connectivity index (χ4n) is 3.55. The van der Waals surface area contributed by atoms with E-state index in [1.54, 1.807) is 11.1 Å². The summed E-state index contributed by atoms with van der Waals surface area (Å²) < 4.78 is 0. The minimum absolute atomic E-state index is 0.600. The molecule has 1 fully saturated rings. The standard InChI is InChI=1S/C17H26N2/c1-2-9-16-15(7-1)8-5-10-17(16)18-11-6-14-19-12-3-4-13-19/h1-2,7,9,17-18H,3-6,8,10-14H2. The smallest absolute Gasteiger partial charge is 0.0323 e. The Balaban J connectivity index is 1.45. The van der Waals surface area contributed by atoms with Crippen LogP contribution in [0.2, 0.25) is 0 Å². The molecule has 2 aliphatic rings. The summed E-state index contributed by atoms with van der Waals surface area (Å²) in [5.41, 5.74) is 3.11. The van der Waals surface area contributed by atoms with Crippen LogP contribution in [0.25, 0.3) is 0 Å². The van der Waals surface area contributed by atoms with E-state index in [1.807, 2.05) is 0 Å². The van der Waals surface area contributed by atoms with Gasteiger partial charge in [-0.05, 0) is 75.8 Å². The Labute approximate surface area is 117 Å². The summed E-state index contributed by atoms with van der Waals surface area (Å²) in [6.45, 7) is 5.09. The Morgan fingerprint density at radius 3 is 2.84 bits per heavy atom. The highest BCUT2D eigenvalue weighted by Crippen LogP contribution is 2.29. The van der Waals surface area contributed by atoms with Crippen molar-refractivity contribution in [3.63, 3.8) is 0 Å². The van der Waals surface area contributed by atoms with E-state index < -0.39 is 0 Å². The normalized spacial score (nSPS) is 23.5. The quantitative estimate of drug-likeness (QED) is 0.816. The highest BCUT2D eigenvalue weighted by atomic mass is 15.1. The van der Waals surface area contributed by atoms with E-state index >= 15 is 0 Å². The Morgan fingerprint density at radius 1 is 1.11 bits per heavy atom. The van der Waals surface area contributed by atoms with Gasteiger partial charge in [0.15, 0.2) is 0 Å². The van der Waals surface area contributed by atoms with Gasteiger partial charge in [-0.3, -0.25) is 0 Å². The summed E-state index contributed by atoms with van der Waals surface area (Å²) in [7, 11) is 0. The van der Waals surface area contributed by atoms with Crippen LogP contribution < -0.4 is 5.32 Å². The van der Waals surface area contributed by atoms with Crippen molar-refractivity contribution in [2.45, 2.75) is 44.6 Å². The van der Waals surface area contributed by atoms with Gasteiger partial charge in [0.25, 0.3) is 0 Å². The second kappa shape index (κ2) is 6.53. The number of aryl methyl sites for hydroxylation is 1. The lowest BCUT2D eigenvalue weighted by Gasteiger charge is -2.26. The molecule has 0 saturated carbocycles. The van der Waals surface area contributed by atoms with Gasteiger partial charge in [-0.1, -0.05) is 24.3 Å². The van der Waals surface area contributed by atoms with Crippen LogP contribution in [-0.4, -0.2) is 31.1 Å². The van der Waals surface area contributed by atoms with Crippen LogP contribution in [0.15, 0.2) is 24.3 Å². The third-order valence-electron chi connectivity index (χ3n) is 4.61. The highest BCUT2D eigenvalue weighted by molar-refractivity contribution is 5.32. The summed E-state index contributed by atoms with van der Waals surface area (Å²) in [4.78, 5) is 2.61. The topological polar surface area (TPSA) is 15.3 Å². The van der Waals surface area contributed by atoms with Crippen LogP contribution in [0.3, 0.4) is 0 Å². The molecule has 1 unspecified atom stereocenters. The number of fused-ring (bicyclic) bond motifs is 1. The van der Waals surface area contributed by atoms with E-state index in [2.05, 4.69) is 34.5 Å². The average Bonchev–Trinajstić information content (AvgIpc) is 2.97. The maximum absolute atomic E-state index is 3.78. The summed E-state index contributed by atoms with van der Waals surface area (Å²) in [6, 6.07) is 9.57. The number of benzene rings is 1. The van der Waals surface area contributed by atoms with Gasteiger partial charge in [0, 0.05) is 6.04 Å². The van der Waals surface area contributed by atoms with Crippen LogP contribution in [0, 0.1) is 0 Å². The van der Waals surface area contributed by atoms with Crippen molar-refractivity contribution >= 4 is 0 Å². The molecule has 1 N–H and O–H groups in total. The number of hydrogen-bond donors (Lipinski definition) is 1. The molecule has 0 radical (unpaired) electrons. The van der Waals surface area contributed by atoms with Crippen LogP contribution >= 0.6 is 0 Å². The Kier molecular flexibility index (Phi) is 4.52. The zero-order valence-corrected chi connectivity index (χ0v) is 11.9. The molecule has 2 heteroatoms. The molecule has 1 heterocycles. The maximum Gasteiger partial charge on any atom is 0.0323 e. The maximum atomic E-state index is 3.78. The first-order valence-electron chi connectivity index (χ1n) is 7.97. The Bertz CT molecular complexity index is 396. The average molecular weight is 258 g/mol. The highest BCUT2D eigenvalue weighted by Gasteiger charge is 2.18. The van der Waals surface area contributed by atoms with E-state index in [1.165, 1.54) is 58.2 Å². The van der Waals surface area contributed by atoms with Crippen molar-refractivity contribution in [1.29, 1.82) is 0 Å². The Morgan fingerprint density at radius 2 is 1.95 bits per heavy atom. The molecule has 0 aromatic heterocycles. The molecule has 19 heavy (non-hydrogen) atoms. The molecular formula is C17H26N2. The lowest BCUT2D eigenvalue weighted by molar-refractivity contribution is 0.325. The van der Waals surface area contributed by atoms with Crippen LogP contribution in [0.4, 0.5) is 0 Å². The van der Waals surface area contributed by atoms with E-state index in [0.717, 1.165) is 6.54 Å². The largest absolute Gasteiger partial charge is 0.310 e. The first-order chi connectivity index (χ1) is 9.43. The van der Waals surface area contributed by atoms with Gasteiger partial charge < -0.3 is 10.2 Å². The third kappa shape index (κ3) is 3.37. The van der Waals surface area contributed by atoms with Crippen molar-refractivity contribution in [1.82, 2.24) is 10.2 Å². The molecule has 3 rings (SSSR count). The number of rotatable bonds is 5. The van der Waals surface area contributed by atoms with Gasteiger partial charge in [-0.15, -0.1) is 0 Å². The third-order valence-corrected chi connectivity index (χ3v) is 4.61. The monoisotopic (exact) mass is 258 g/mol. The van der Waals surface area contributed by atoms with Crippen molar-refractivity contribution in [3.05, 3.63) is 35.4 Å². The fraction of sp³-hybridized carbons (Fsp3) is 0.647. The van der Waals surface area contributed by atoms with Crippen LogP contribution in [-0.2, 0) is 6.42 Å². The lowest BCUT2D eigenvalue weighted by atomic mass is 9.88. The minimum atomic E-state index is 0.600.